The van der Waals surface area contributed by atoms with Crippen molar-refractivity contribution in [2.24, 2.45) is 0 Å². The summed E-state index contributed by atoms with van der Waals surface area (Å²) in [4.78, 5) is 0. The summed E-state index contributed by atoms with van der Waals surface area (Å²) in [6.07, 6.45) is 0.802. The van der Waals surface area contributed by atoms with Gasteiger partial charge in [-0.1, -0.05) is 133 Å². The smallest absolute Gasteiger partial charge is 0.208 e. The number of phenolic OH excluding ortho intramolecular Hbond substituents is 5. The molecule has 9 rings (SSSR count). The van der Waals surface area contributed by atoms with Gasteiger partial charge in [-0.25, -0.2) is 0 Å². The Balaban J connectivity index is 1.34. The van der Waals surface area contributed by atoms with E-state index in [1.807, 2.05) is 48.5 Å². The minimum absolute atomic E-state index is 0.182. The van der Waals surface area contributed by atoms with Crippen molar-refractivity contribution >= 4 is 21.5 Å². The Bertz CT molecular complexity index is 2630. The zero-order valence-corrected chi connectivity index (χ0v) is 26.7. The van der Waals surface area contributed by atoms with Crippen molar-refractivity contribution < 1.29 is 25.5 Å². The zero-order chi connectivity index (χ0) is 34.1. The van der Waals surface area contributed by atoms with Gasteiger partial charge in [0, 0.05) is 0 Å². The second kappa shape index (κ2) is 11.2. The molecule has 0 aliphatic heterocycles. The second-order valence-electron chi connectivity index (χ2n) is 12.8. The minimum atomic E-state index is -0.989. The SMILES string of the molecule is Oc1c(O)c(O)c(-c2ccc3c(-c4ccccc4)c4ccccc4c(-c4ccc5c(c4)Cc4cccc(-c6ccccc6)c4-5)c3c2)c(O)c1O. The summed E-state index contributed by atoms with van der Waals surface area (Å²) >= 11 is 0. The van der Waals surface area contributed by atoms with Crippen LogP contribution in [0.3, 0.4) is 0 Å². The number of hydrogen-bond donors (Lipinski definition) is 5. The second-order valence-corrected chi connectivity index (χ2v) is 12.8. The molecule has 0 saturated carbocycles. The van der Waals surface area contributed by atoms with Crippen molar-refractivity contribution in [2.45, 2.75) is 6.42 Å². The Morgan fingerprint density at radius 3 is 1.52 bits per heavy atom. The van der Waals surface area contributed by atoms with E-state index in [1.165, 1.54) is 33.4 Å². The van der Waals surface area contributed by atoms with Crippen LogP contribution in [0, 0.1) is 0 Å². The molecular formula is C45H30O5. The Morgan fingerprint density at radius 2 is 0.840 bits per heavy atom. The highest BCUT2D eigenvalue weighted by molar-refractivity contribution is 6.22. The van der Waals surface area contributed by atoms with E-state index in [4.69, 9.17) is 0 Å². The summed E-state index contributed by atoms with van der Waals surface area (Å²) in [7, 11) is 0. The summed E-state index contributed by atoms with van der Waals surface area (Å²) < 4.78 is 0. The van der Waals surface area contributed by atoms with E-state index in [0.717, 1.165) is 50.2 Å². The van der Waals surface area contributed by atoms with E-state index in [2.05, 4.69) is 84.9 Å². The quantitative estimate of drug-likeness (QED) is 0.0741. The van der Waals surface area contributed by atoms with Gasteiger partial charge in [0.25, 0.3) is 0 Å². The fraction of sp³-hybridized carbons (Fsp3) is 0.0222. The first-order valence-corrected chi connectivity index (χ1v) is 16.4. The molecule has 240 valence electrons. The molecule has 5 heteroatoms. The van der Waals surface area contributed by atoms with Crippen LogP contribution in [-0.2, 0) is 6.42 Å². The molecule has 1 aliphatic carbocycles. The summed E-state index contributed by atoms with van der Waals surface area (Å²) in [5, 5.41) is 56.7. The third kappa shape index (κ3) is 4.34. The molecule has 0 heterocycles. The number of rotatable bonds is 4. The van der Waals surface area contributed by atoms with Gasteiger partial charge in [-0.3, -0.25) is 0 Å². The van der Waals surface area contributed by atoms with Crippen molar-refractivity contribution in [3.05, 3.63) is 151 Å². The molecule has 8 aromatic carbocycles. The molecule has 0 atom stereocenters. The Labute approximate surface area is 287 Å². The zero-order valence-electron chi connectivity index (χ0n) is 26.7. The Morgan fingerprint density at radius 1 is 0.300 bits per heavy atom. The van der Waals surface area contributed by atoms with Crippen LogP contribution in [0.5, 0.6) is 28.7 Å². The van der Waals surface area contributed by atoms with Crippen LogP contribution in [0.2, 0.25) is 0 Å². The Kier molecular flexibility index (Phi) is 6.58. The third-order valence-electron chi connectivity index (χ3n) is 10.0. The molecule has 5 nitrogen and oxygen atoms in total. The van der Waals surface area contributed by atoms with Crippen molar-refractivity contribution in [1.82, 2.24) is 0 Å². The van der Waals surface area contributed by atoms with Gasteiger partial charge in [0.15, 0.2) is 11.5 Å². The monoisotopic (exact) mass is 650 g/mol. The van der Waals surface area contributed by atoms with E-state index in [1.54, 1.807) is 6.07 Å². The van der Waals surface area contributed by atoms with Crippen LogP contribution in [0.1, 0.15) is 11.1 Å². The lowest BCUT2D eigenvalue weighted by atomic mass is 9.84. The van der Waals surface area contributed by atoms with Crippen LogP contribution in [-0.4, -0.2) is 25.5 Å². The fourth-order valence-corrected chi connectivity index (χ4v) is 7.79. The van der Waals surface area contributed by atoms with Crippen LogP contribution < -0.4 is 0 Å². The first-order valence-electron chi connectivity index (χ1n) is 16.4. The first kappa shape index (κ1) is 29.4. The van der Waals surface area contributed by atoms with E-state index < -0.39 is 28.7 Å². The van der Waals surface area contributed by atoms with Crippen molar-refractivity contribution in [3.8, 4) is 84.4 Å². The molecule has 0 radical (unpaired) electrons. The number of aromatic hydroxyl groups is 5. The largest absolute Gasteiger partial charge is 0.504 e. The molecular weight excluding hydrogens is 620 g/mol. The molecule has 0 unspecified atom stereocenters. The number of fused-ring (bicyclic) bond motifs is 5. The highest BCUT2D eigenvalue weighted by Gasteiger charge is 2.27. The molecule has 50 heavy (non-hydrogen) atoms. The van der Waals surface area contributed by atoms with Gasteiger partial charge in [0.05, 0.1) is 5.56 Å². The van der Waals surface area contributed by atoms with E-state index in [-0.39, 0.29) is 5.56 Å². The lowest BCUT2D eigenvalue weighted by molar-refractivity contribution is 0.330. The maximum absolute atomic E-state index is 10.9. The molecule has 0 bridgehead atoms. The molecule has 0 fully saturated rings. The molecule has 0 spiro atoms. The normalized spacial score (nSPS) is 11.9. The van der Waals surface area contributed by atoms with E-state index in [0.29, 0.717) is 5.56 Å². The maximum atomic E-state index is 10.9. The van der Waals surface area contributed by atoms with Crippen LogP contribution in [0.4, 0.5) is 0 Å². The molecule has 0 saturated heterocycles. The van der Waals surface area contributed by atoms with Crippen molar-refractivity contribution in [2.75, 3.05) is 0 Å². The minimum Gasteiger partial charge on any atom is -0.504 e. The van der Waals surface area contributed by atoms with Crippen molar-refractivity contribution in [1.29, 1.82) is 0 Å². The van der Waals surface area contributed by atoms with Gasteiger partial charge in [0.2, 0.25) is 17.2 Å². The third-order valence-corrected chi connectivity index (χ3v) is 10.0. The highest BCUT2D eigenvalue weighted by atomic mass is 16.4. The van der Waals surface area contributed by atoms with E-state index >= 15 is 0 Å². The van der Waals surface area contributed by atoms with Gasteiger partial charge in [0.1, 0.15) is 0 Å². The van der Waals surface area contributed by atoms with Gasteiger partial charge in [-0.2, -0.15) is 0 Å². The number of hydrogen-bond acceptors (Lipinski definition) is 5. The summed E-state index contributed by atoms with van der Waals surface area (Å²) in [6, 6.07) is 47.7. The van der Waals surface area contributed by atoms with Gasteiger partial charge < -0.3 is 25.5 Å². The summed E-state index contributed by atoms with van der Waals surface area (Å²) in [5.41, 5.74) is 11.6. The number of benzene rings is 8. The van der Waals surface area contributed by atoms with Gasteiger partial charge in [-0.05, 0) is 95.2 Å². The fourth-order valence-electron chi connectivity index (χ4n) is 7.79. The predicted octanol–water partition coefficient (Wildman–Crippen LogP) is 10.8. The predicted molar refractivity (Wildman–Crippen MR) is 200 cm³/mol. The standard InChI is InChI=1S/C45H30O5/c46-41-40(42(47)44(49)45(50)43(41)48)29-19-21-35-36(24-29)39(34-16-8-7-15-33(34)37(35)26-12-5-2-6-13-26)28-18-20-32-30(23-28)22-27-14-9-17-31(38(27)32)25-10-3-1-4-11-25/h1-21,23-24,46-50H,22H2. The average molecular weight is 651 g/mol. The van der Waals surface area contributed by atoms with Crippen LogP contribution in [0.15, 0.2) is 140 Å². The maximum Gasteiger partial charge on any atom is 0.208 e. The Hall–Kier alpha value is -6.72. The molecule has 8 aromatic rings. The average Bonchev–Trinajstić information content (AvgIpc) is 3.54. The van der Waals surface area contributed by atoms with Crippen LogP contribution >= 0.6 is 0 Å². The van der Waals surface area contributed by atoms with Crippen LogP contribution in [0.25, 0.3) is 77.2 Å². The highest BCUT2D eigenvalue weighted by Crippen LogP contribution is 2.56. The molecule has 1 aliphatic rings. The lowest BCUT2D eigenvalue weighted by Gasteiger charge is -2.20. The molecule has 5 N–H and O–H groups in total. The van der Waals surface area contributed by atoms with E-state index in [9.17, 15) is 25.5 Å². The van der Waals surface area contributed by atoms with Gasteiger partial charge in [-0.15, -0.1) is 0 Å². The number of phenols is 5. The summed E-state index contributed by atoms with van der Waals surface area (Å²) in [6.45, 7) is 0. The lowest BCUT2D eigenvalue weighted by Crippen LogP contribution is -1.93. The van der Waals surface area contributed by atoms with Gasteiger partial charge >= 0.3 is 0 Å². The molecule has 0 aromatic heterocycles. The summed E-state index contributed by atoms with van der Waals surface area (Å²) in [5.74, 6) is -4.27. The topological polar surface area (TPSA) is 101 Å². The molecule has 0 amide bonds. The first-order chi connectivity index (χ1) is 24.4. The van der Waals surface area contributed by atoms with Crippen molar-refractivity contribution in [3.63, 3.8) is 0 Å².